The molecule has 0 spiro atoms. The molecule has 0 aliphatic carbocycles. The number of esters is 1. The van der Waals surface area contributed by atoms with E-state index in [0.29, 0.717) is 29.0 Å². The van der Waals surface area contributed by atoms with E-state index in [-0.39, 0.29) is 18.0 Å². The van der Waals surface area contributed by atoms with Gasteiger partial charge in [-0.05, 0) is 75.6 Å². The van der Waals surface area contributed by atoms with E-state index in [1.807, 2.05) is 11.0 Å². The molecule has 0 saturated carbocycles. The largest absolute Gasteiger partial charge is 0.462 e. The van der Waals surface area contributed by atoms with Gasteiger partial charge in [-0.15, -0.1) is 0 Å². The number of piperidine rings is 1. The SMILES string of the molecule is CCOC(=O)c1ccc(NC(=O)c2ccc3c(c2)N(CC)[C@@H]2CCCCN2C3=O)cc1. The van der Waals surface area contributed by atoms with Gasteiger partial charge >= 0.3 is 5.97 Å². The molecule has 162 valence electrons. The zero-order valence-electron chi connectivity index (χ0n) is 17.9. The van der Waals surface area contributed by atoms with Gasteiger partial charge in [0.1, 0.15) is 6.17 Å². The monoisotopic (exact) mass is 421 g/mol. The molecule has 1 atom stereocenters. The summed E-state index contributed by atoms with van der Waals surface area (Å²) in [7, 11) is 0. The zero-order chi connectivity index (χ0) is 22.0. The second kappa shape index (κ2) is 8.79. The molecule has 2 heterocycles. The number of ether oxygens (including phenoxy) is 1. The number of hydrogen-bond acceptors (Lipinski definition) is 5. The summed E-state index contributed by atoms with van der Waals surface area (Å²) in [5, 5.41) is 2.86. The molecule has 31 heavy (non-hydrogen) atoms. The van der Waals surface area contributed by atoms with E-state index in [1.54, 1.807) is 43.3 Å². The van der Waals surface area contributed by atoms with Crippen LogP contribution < -0.4 is 10.2 Å². The van der Waals surface area contributed by atoms with Crippen molar-refractivity contribution in [2.24, 2.45) is 0 Å². The van der Waals surface area contributed by atoms with Gasteiger partial charge in [-0.1, -0.05) is 0 Å². The highest BCUT2D eigenvalue weighted by atomic mass is 16.5. The Balaban J connectivity index is 1.55. The molecule has 7 heteroatoms. The van der Waals surface area contributed by atoms with Crippen LogP contribution in [0.3, 0.4) is 0 Å². The number of nitrogens with one attached hydrogen (secondary N) is 1. The third-order valence-corrected chi connectivity index (χ3v) is 5.89. The van der Waals surface area contributed by atoms with Crippen LogP contribution in [0.2, 0.25) is 0 Å². The Labute approximate surface area is 182 Å². The molecule has 7 nitrogen and oxygen atoms in total. The van der Waals surface area contributed by atoms with E-state index < -0.39 is 5.97 Å². The smallest absolute Gasteiger partial charge is 0.338 e. The summed E-state index contributed by atoms with van der Waals surface area (Å²) in [4.78, 5) is 41.8. The average Bonchev–Trinajstić information content (AvgIpc) is 2.80. The lowest BCUT2D eigenvalue weighted by Gasteiger charge is -2.47. The molecule has 2 aliphatic rings. The van der Waals surface area contributed by atoms with Crippen LogP contribution in [0.5, 0.6) is 0 Å². The number of anilines is 2. The molecule has 1 fully saturated rings. The van der Waals surface area contributed by atoms with Crippen molar-refractivity contribution in [1.29, 1.82) is 0 Å². The van der Waals surface area contributed by atoms with Crippen LogP contribution >= 0.6 is 0 Å². The van der Waals surface area contributed by atoms with Gasteiger partial charge in [0.05, 0.1) is 23.4 Å². The fourth-order valence-electron chi connectivity index (χ4n) is 4.37. The van der Waals surface area contributed by atoms with Gasteiger partial charge in [-0.25, -0.2) is 4.79 Å². The van der Waals surface area contributed by atoms with Crippen LogP contribution in [0.4, 0.5) is 11.4 Å². The molecule has 2 amide bonds. The van der Waals surface area contributed by atoms with Gasteiger partial charge in [-0.3, -0.25) is 9.59 Å². The number of nitrogens with zero attached hydrogens (tertiary/aromatic N) is 2. The molecular formula is C24H27N3O4. The van der Waals surface area contributed by atoms with Gasteiger partial charge in [0.2, 0.25) is 0 Å². The maximum atomic E-state index is 13.0. The minimum Gasteiger partial charge on any atom is -0.462 e. The highest BCUT2D eigenvalue weighted by Crippen LogP contribution is 2.35. The van der Waals surface area contributed by atoms with Gasteiger partial charge in [0.25, 0.3) is 11.8 Å². The van der Waals surface area contributed by atoms with Gasteiger partial charge in [0.15, 0.2) is 0 Å². The molecule has 4 rings (SSSR count). The van der Waals surface area contributed by atoms with Crippen LogP contribution in [0, 0.1) is 0 Å². The number of hydrogen-bond donors (Lipinski definition) is 1. The minimum absolute atomic E-state index is 0.0471. The molecule has 2 aliphatic heterocycles. The highest BCUT2D eigenvalue weighted by Gasteiger charge is 2.38. The number of rotatable bonds is 5. The molecule has 0 aromatic heterocycles. The number of fused-ring (bicyclic) bond motifs is 2. The average molecular weight is 421 g/mol. The third kappa shape index (κ3) is 4.00. The first-order valence-corrected chi connectivity index (χ1v) is 10.8. The minimum atomic E-state index is -0.392. The third-order valence-electron chi connectivity index (χ3n) is 5.89. The number of amides is 2. The number of carbonyl (C=O) groups excluding carboxylic acids is 3. The summed E-state index contributed by atoms with van der Waals surface area (Å²) < 4.78 is 4.98. The lowest BCUT2D eigenvalue weighted by molar-refractivity contribution is 0.0525. The second-order valence-electron chi connectivity index (χ2n) is 7.74. The zero-order valence-corrected chi connectivity index (χ0v) is 17.9. The van der Waals surface area contributed by atoms with Crippen LogP contribution in [0.15, 0.2) is 42.5 Å². The van der Waals surface area contributed by atoms with Crippen molar-refractivity contribution in [2.45, 2.75) is 39.3 Å². The Morgan fingerprint density at radius 3 is 2.52 bits per heavy atom. The summed E-state index contributed by atoms with van der Waals surface area (Å²) >= 11 is 0. The van der Waals surface area contributed by atoms with E-state index in [9.17, 15) is 14.4 Å². The molecule has 2 aromatic carbocycles. The molecule has 2 aromatic rings. The molecular weight excluding hydrogens is 394 g/mol. The lowest BCUT2D eigenvalue weighted by Crippen LogP contribution is -2.57. The van der Waals surface area contributed by atoms with Crippen molar-refractivity contribution < 1.29 is 19.1 Å². The Morgan fingerprint density at radius 2 is 1.81 bits per heavy atom. The topological polar surface area (TPSA) is 79.0 Å². The first-order chi connectivity index (χ1) is 15.0. The van der Waals surface area contributed by atoms with Crippen molar-refractivity contribution in [2.75, 3.05) is 29.9 Å². The van der Waals surface area contributed by atoms with Crippen molar-refractivity contribution in [3.8, 4) is 0 Å². The Kier molecular flexibility index (Phi) is 5.93. The maximum absolute atomic E-state index is 13.0. The summed E-state index contributed by atoms with van der Waals surface area (Å²) in [6.07, 6.45) is 3.14. The van der Waals surface area contributed by atoms with Crippen LogP contribution in [0.1, 0.15) is 64.2 Å². The summed E-state index contributed by atoms with van der Waals surface area (Å²) in [5.41, 5.74) is 2.97. The van der Waals surface area contributed by atoms with E-state index in [1.165, 1.54) is 0 Å². The van der Waals surface area contributed by atoms with E-state index >= 15 is 0 Å². The van der Waals surface area contributed by atoms with Crippen molar-refractivity contribution >= 4 is 29.2 Å². The Bertz CT molecular complexity index is 1000. The van der Waals surface area contributed by atoms with Crippen LogP contribution in [0.25, 0.3) is 0 Å². The lowest BCUT2D eigenvalue weighted by atomic mass is 9.97. The van der Waals surface area contributed by atoms with Gasteiger partial charge in [0, 0.05) is 24.3 Å². The summed E-state index contributed by atoms with van der Waals surface area (Å²) in [6.45, 7) is 5.69. The van der Waals surface area contributed by atoms with E-state index in [4.69, 9.17) is 4.74 Å². The normalized spacial score (nSPS) is 17.6. The first-order valence-electron chi connectivity index (χ1n) is 10.8. The molecule has 0 unspecified atom stereocenters. The summed E-state index contributed by atoms with van der Waals surface area (Å²) in [5.74, 6) is -0.608. The number of benzene rings is 2. The van der Waals surface area contributed by atoms with Gasteiger partial charge < -0.3 is 19.9 Å². The molecule has 0 bridgehead atoms. The van der Waals surface area contributed by atoms with E-state index in [2.05, 4.69) is 17.1 Å². The quantitative estimate of drug-likeness (QED) is 0.741. The van der Waals surface area contributed by atoms with Crippen molar-refractivity contribution in [1.82, 2.24) is 4.90 Å². The van der Waals surface area contributed by atoms with Gasteiger partial charge in [-0.2, -0.15) is 0 Å². The first kappa shape index (κ1) is 20.9. The standard InChI is InChI=1S/C24H27N3O4/c1-3-26-20-15-17(10-13-19(20)23(29)27-14-6-5-7-21(26)27)22(28)25-18-11-8-16(9-12-18)24(30)31-4-2/h8-13,15,21H,3-7,14H2,1-2H3,(H,25,28)/t21-/m0/s1. The Morgan fingerprint density at radius 1 is 1.06 bits per heavy atom. The number of carbonyl (C=O) groups is 3. The maximum Gasteiger partial charge on any atom is 0.338 e. The Hall–Kier alpha value is -3.35. The highest BCUT2D eigenvalue weighted by molar-refractivity contribution is 6.08. The van der Waals surface area contributed by atoms with Crippen LogP contribution in [-0.2, 0) is 4.74 Å². The molecule has 1 N–H and O–H groups in total. The van der Waals surface area contributed by atoms with Crippen molar-refractivity contribution in [3.63, 3.8) is 0 Å². The predicted octanol–water partition coefficient (Wildman–Crippen LogP) is 3.91. The second-order valence-corrected chi connectivity index (χ2v) is 7.74. The summed E-state index contributed by atoms with van der Waals surface area (Å²) in [6, 6.07) is 11.8. The van der Waals surface area contributed by atoms with Crippen molar-refractivity contribution in [3.05, 3.63) is 59.2 Å². The predicted molar refractivity (Wildman–Crippen MR) is 118 cm³/mol. The fraction of sp³-hybridized carbons (Fsp3) is 0.375. The molecule has 0 radical (unpaired) electrons. The molecule has 1 saturated heterocycles. The fourth-order valence-corrected chi connectivity index (χ4v) is 4.37. The van der Waals surface area contributed by atoms with Crippen LogP contribution in [-0.4, -0.2) is 48.5 Å². The van der Waals surface area contributed by atoms with E-state index in [0.717, 1.165) is 38.0 Å².